The molecule has 1 aliphatic rings. The molecule has 0 saturated carbocycles. The SMILES string of the molecule is CNCCC(Oc1ccc(C(F)(F)F)cc1)c1ccccc1.Cc1cc(O)c2c(c1)C(=O)c1cccc(O)c1C2=O.Cl. The summed E-state index contributed by atoms with van der Waals surface area (Å²) in [5.41, 5.74) is 1.29. The molecular formula is C32H29ClF3NO5. The number of ether oxygens (including phenoxy) is 1. The van der Waals surface area contributed by atoms with Crippen molar-refractivity contribution in [3.8, 4) is 17.2 Å². The van der Waals surface area contributed by atoms with Gasteiger partial charge < -0.3 is 20.3 Å². The van der Waals surface area contributed by atoms with Gasteiger partial charge in [-0.15, -0.1) is 12.4 Å². The van der Waals surface area contributed by atoms with Gasteiger partial charge in [-0.3, -0.25) is 9.59 Å². The minimum atomic E-state index is -4.33. The van der Waals surface area contributed by atoms with E-state index in [4.69, 9.17) is 4.74 Å². The number of nitrogens with one attached hydrogen (secondary N) is 1. The van der Waals surface area contributed by atoms with Gasteiger partial charge in [-0.05, 0) is 74.1 Å². The van der Waals surface area contributed by atoms with Crippen molar-refractivity contribution in [1.82, 2.24) is 5.32 Å². The van der Waals surface area contributed by atoms with Gasteiger partial charge in [0.25, 0.3) is 0 Å². The maximum Gasteiger partial charge on any atom is 0.416 e. The van der Waals surface area contributed by atoms with E-state index in [1.807, 2.05) is 37.4 Å². The number of carbonyl (C=O) groups is 2. The van der Waals surface area contributed by atoms with Crippen LogP contribution in [0, 0.1) is 6.92 Å². The molecule has 220 valence electrons. The number of fused-ring (bicyclic) bond motifs is 2. The Morgan fingerprint density at radius 3 is 2.07 bits per heavy atom. The Hall–Kier alpha value is -4.34. The maximum atomic E-state index is 12.6. The monoisotopic (exact) mass is 599 g/mol. The second-order valence-electron chi connectivity index (χ2n) is 9.50. The van der Waals surface area contributed by atoms with Gasteiger partial charge in [0, 0.05) is 17.5 Å². The molecule has 0 aromatic heterocycles. The fourth-order valence-electron chi connectivity index (χ4n) is 4.55. The predicted octanol–water partition coefficient (Wildman–Crippen LogP) is 7.04. The van der Waals surface area contributed by atoms with Crippen molar-refractivity contribution in [1.29, 1.82) is 0 Å². The molecule has 0 saturated heterocycles. The fourth-order valence-corrected chi connectivity index (χ4v) is 4.55. The molecule has 0 amide bonds. The largest absolute Gasteiger partial charge is 0.507 e. The third-order valence-electron chi connectivity index (χ3n) is 6.54. The second kappa shape index (κ2) is 13.5. The highest BCUT2D eigenvalue weighted by Crippen LogP contribution is 2.37. The number of alkyl halides is 3. The van der Waals surface area contributed by atoms with Crippen LogP contribution < -0.4 is 10.1 Å². The molecule has 6 nitrogen and oxygen atoms in total. The van der Waals surface area contributed by atoms with E-state index in [1.165, 1.54) is 36.4 Å². The first-order valence-corrected chi connectivity index (χ1v) is 12.8. The first-order valence-electron chi connectivity index (χ1n) is 12.8. The molecule has 4 aromatic rings. The molecule has 42 heavy (non-hydrogen) atoms. The first-order chi connectivity index (χ1) is 19.5. The number of carbonyl (C=O) groups excluding carboxylic acids is 2. The molecule has 0 fully saturated rings. The van der Waals surface area contributed by atoms with Gasteiger partial charge >= 0.3 is 6.18 Å². The quantitative estimate of drug-likeness (QED) is 0.194. The van der Waals surface area contributed by atoms with Gasteiger partial charge in [-0.2, -0.15) is 13.2 Å². The van der Waals surface area contributed by atoms with Crippen LogP contribution in [0.15, 0.2) is 84.9 Å². The number of halogens is 4. The van der Waals surface area contributed by atoms with Crippen LogP contribution in [0.2, 0.25) is 0 Å². The first kappa shape index (κ1) is 32.2. The molecule has 0 spiro atoms. The van der Waals surface area contributed by atoms with Crippen LogP contribution >= 0.6 is 12.4 Å². The lowest BCUT2D eigenvalue weighted by Gasteiger charge is -2.20. The number of hydrogen-bond donors (Lipinski definition) is 3. The van der Waals surface area contributed by atoms with Crippen molar-refractivity contribution >= 4 is 24.0 Å². The third-order valence-corrected chi connectivity index (χ3v) is 6.54. The summed E-state index contributed by atoms with van der Waals surface area (Å²) in [5.74, 6) is -0.943. The zero-order valence-electron chi connectivity index (χ0n) is 22.7. The van der Waals surface area contributed by atoms with E-state index in [1.54, 1.807) is 13.0 Å². The Bertz CT molecular complexity index is 1560. The van der Waals surface area contributed by atoms with Gasteiger partial charge in [-0.1, -0.05) is 42.5 Å². The molecule has 5 rings (SSSR count). The standard InChI is InChI=1S/C17H18F3NO.C15H10O4.ClH/c1-21-12-11-16(13-5-3-2-4-6-13)22-15-9-7-14(8-10-15)17(18,19)20;1-7-5-9-13(11(17)6-7)15(19)12-8(14(9)18)3-2-4-10(12)16;/h2-10,16,21H,11-12H2,1H3;2-6,16-17H,1H3;1H. The minimum absolute atomic E-state index is 0. The summed E-state index contributed by atoms with van der Waals surface area (Å²) in [6.45, 7) is 2.48. The van der Waals surface area contributed by atoms with Crippen molar-refractivity contribution in [2.24, 2.45) is 0 Å². The van der Waals surface area contributed by atoms with Crippen LogP contribution in [0.1, 0.15) is 61.1 Å². The van der Waals surface area contributed by atoms with Gasteiger partial charge in [0.15, 0.2) is 5.78 Å². The van der Waals surface area contributed by atoms with Crippen molar-refractivity contribution in [2.75, 3.05) is 13.6 Å². The van der Waals surface area contributed by atoms with E-state index in [9.17, 15) is 33.0 Å². The van der Waals surface area contributed by atoms with Gasteiger partial charge in [0.2, 0.25) is 5.78 Å². The van der Waals surface area contributed by atoms with E-state index in [2.05, 4.69) is 5.32 Å². The number of phenols is 2. The highest BCUT2D eigenvalue weighted by Gasteiger charge is 2.34. The molecular weight excluding hydrogens is 571 g/mol. The van der Waals surface area contributed by atoms with Crippen molar-refractivity contribution in [2.45, 2.75) is 25.6 Å². The Labute approximate surface area is 247 Å². The smallest absolute Gasteiger partial charge is 0.416 e. The number of hydrogen-bond acceptors (Lipinski definition) is 6. The van der Waals surface area contributed by atoms with Crippen LogP contribution in [0.5, 0.6) is 17.2 Å². The summed E-state index contributed by atoms with van der Waals surface area (Å²) in [4.78, 5) is 24.7. The zero-order chi connectivity index (χ0) is 29.7. The second-order valence-corrected chi connectivity index (χ2v) is 9.50. The molecule has 1 atom stereocenters. The highest BCUT2D eigenvalue weighted by atomic mass is 35.5. The van der Waals surface area contributed by atoms with Crippen LogP contribution in [0.3, 0.4) is 0 Å². The van der Waals surface area contributed by atoms with Crippen molar-refractivity contribution in [3.63, 3.8) is 0 Å². The van der Waals surface area contributed by atoms with Crippen molar-refractivity contribution < 1.29 is 37.7 Å². The molecule has 1 aliphatic carbocycles. The summed E-state index contributed by atoms with van der Waals surface area (Å²) in [5, 5.41) is 22.7. The summed E-state index contributed by atoms with van der Waals surface area (Å²) < 4.78 is 43.6. The number of rotatable bonds is 6. The lowest BCUT2D eigenvalue weighted by molar-refractivity contribution is -0.137. The summed E-state index contributed by atoms with van der Waals surface area (Å²) in [6, 6.07) is 21.8. The number of aryl methyl sites for hydroxylation is 1. The van der Waals surface area contributed by atoms with Crippen molar-refractivity contribution in [3.05, 3.63) is 124 Å². The Morgan fingerprint density at radius 2 is 1.45 bits per heavy atom. The average Bonchev–Trinajstić information content (AvgIpc) is 2.94. The Kier molecular flexibility index (Phi) is 10.4. The van der Waals surface area contributed by atoms with E-state index >= 15 is 0 Å². The number of aromatic hydroxyl groups is 2. The van der Waals surface area contributed by atoms with E-state index in [0.29, 0.717) is 11.3 Å². The number of ketones is 2. The average molecular weight is 600 g/mol. The minimum Gasteiger partial charge on any atom is -0.507 e. The lowest BCUT2D eigenvalue weighted by atomic mass is 9.82. The van der Waals surface area contributed by atoms with E-state index in [-0.39, 0.29) is 58.0 Å². The molecule has 0 bridgehead atoms. The van der Waals surface area contributed by atoms with E-state index < -0.39 is 17.5 Å². The number of benzene rings is 4. The van der Waals surface area contributed by atoms with Gasteiger partial charge in [-0.25, -0.2) is 0 Å². The van der Waals surface area contributed by atoms with Gasteiger partial charge in [0.1, 0.15) is 23.4 Å². The molecule has 0 radical (unpaired) electrons. The topological polar surface area (TPSA) is 95.9 Å². The normalized spacial score (nSPS) is 12.7. The summed E-state index contributed by atoms with van der Waals surface area (Å²) >= 11 is 0. The highest BCUT2D eigenvalue weighted by molar-refractivity contribution is 6.30. The summed E-state index contributed by atoms with van der Waals surface area (Å²) in [6.07, 6.45) is -3.81. The molecule has 1 unspecified atom stereocenters. The molecule has 10 heteroatoms. The van der Waals surface area contributed by atoms with Gasteiger partial charge in [0.05, 0.1) is 16.7 Å². The number of phenolic OH excluding ortho intramolecular Hbond substituents is 2. The van der Waals surface area contributed by atoms with E-state index in [0.717, 1.165) is 30.7 Å². The predicted molar refractivity (Wildman–Crippen MR) is 155 cm³/mol. The van der Waals surface area contributed by atoms with Crippen LogP contribution in [-0.2, 0) is 6.18 Å². The Balaban J connectivity index is 0.000000227. The lowest BCUT2D eigenvalue weighted by Crippen LogP contribution is -2.21. The third kappa shape index (κ3) is 7.10. The molecule has 0 heterocycles. The molecule has 0 aliphatic heterocycles. The van der Waals surface area contributed by atoms with Crippen LogP contribution in [-0.4, -0.2) is 35.4 Å². The Morgan fingerprint density at radius 1 is 0.810 bits per heavy atom. The fraction of sp³-hybridized carbons (Fsp3) is 0.188. The molecule has 4 aromatic carbocycles. The maximum absolute atomic E-state index is 12.6. The van der Waals surface area contributed by atoms with Crippen LogP contribution in [0.25, 0.3) is 0 Å². The van der Waals surface area contributed by atoms with Crippen LogP contribution in [0.4, 0.5) is 13.2 Å². The summed E-state index contributed by atoms with van der Waals surface area (Å²) in [7, 11) is 1.85. The zero-order valence-corrected chi connectivity index (χ0v) is 23.6. The molecule has 3 N–H and O–H groups in total.